The molecule has 2 N–H and O–H groups in total. The van der Waals surface area contributed by atoms with Crippen molar-refractivity contribution in [2.45, 2.75) is 19.0 Å². The lowest BCUT2D eigenvalue weighted by Gasteiger charge is -2.32. The quantitative estimate of drug-likeness (QED) is 0.886. The molecule has 0 radical (unpaired) electrons. The second kappa shape index (κ2) is 9.45. The normalized spacial score (nSPS) is 21.4. The lowest BCUT2D eigenvalue weighted by atomic mass is 10.1. The van der Waals surface area contributed by atoms with Crippen molar-refractivity contribution in [2.75, 3.05) is 39.4 Å². The summed E-state index contributed by atoms with van der Waals surface area (Å²) in [5, 5.41) is 0. The zero-order valence-corrected chi connectivity index (χ0v) is 14.8. The predicted octanol–water partition coefficient (Wildman–Crippen LogP) is 1.54. The van der Waals surface area contributed by atoms with Gasteiger partial charge in [-0.05, 0) is 24.1 Å². The highest BCUT2D eigenvalue weighted by molar-refractivity contribution is 5.94. The third-order valence-corrected chi connectivity index (χ3v) is 4.45. The number of amides is 1. The number of morpholine rings is 1. The van der Waals surface area contributed by atoms with Crippen molar-refractivity contribution in [1.82, 2.24) is 9.80 Å². The van der Waals surface area contributed by atoms with Gasteiger partial charge in [0.2, 0.25) is 0 Å². The van der Waals surface area contributed by atoms with Crippen LogP contribution in [-0.2, 0) is 11.3 Å². The van der Waals surface area contributed by atoms with Crippen molar-refractivity contribution in [1.29, 1.82) is 0 Å². The summed E-state index contributed by atoms with van der Waals surface area (Å²) in [6.07, 6.45) is 1.06. The van der Waals surface area contributed by atoms with E-state index in [1.54, 1.807) is 0 Å². The van der Waals surface area contributed by atoms with E-state index in [1.807, 2.05) is 29.2 Å². The summed E-state index contributed by atoms with van der Waals surface area (Å²) in [5.74, 6) is 0.134. The molecule has 1 atom stereocenters. The van der Waals surface area contributed by atoms with Crippen LogP contribution >= 0.6 is 24.8 Å². The highest BCUT2D eigenvalue weighted by Crippen LogP contribution is 2.19. The Labute approximate surface area is 150 Å². The molecule has 0 saturated carbocycles. The molecule has 2 aliphatic heterocycles. The number of carbonyl (C=O) groups excluding carboxylic acids is 1. The lowest BCUT2D eigenvalue weighted by molar-refractivity contribution is 0.0185. The Kier molecular flexibility index (Phi) is 8.29. The average Bonchev–Trinajstić information content (AvgIpc) is 3.05. The van der Waals surface area contributed by atoms with Crippen molar-refractivity contribution >= 4 is 30.7 Å². The van der Waals surface area contributed by atoms with Gasteiger partial charge in [0.15, 0.2) is 0 Å². The van der Waals surface area contributed by atoms with Crippen LogP contribution in [0.25, 0.3) is 0 Å². The van der Waals surface area contributed by atoms with Crippen LogP contribution in [0.4, 0.5) is 0 Å². The van der Waals surface area contributed by atoms with Crippen molar-refractivity contribution < 1.29 is 9.53 Å². The third-order valence-electron chi connectivity index (χ3n) is 4.45. The largest absolute Gasteiger partial charge is 0.379 e. The minimum Gasteiger partial charge on any atom is -0.379 e. The molecule has 1 aromatic rings. The maximum absolute atomic E-state index is 12.5. The number of nitrogens with zero attached hydrogens (tertiary/aromatic N) is 2. The summed E-state index contributed by atoms with van der Waals surface area (Å²) < 4.78 is 5.39. The van der Waals surface area contributed by atoms with Crippen LogP contribution in [0.15, 0.2) is 24.3 Å². The average molecular weight is 362 g/mol. The van der Waals surface area contributed by atoms with Crippen LogP contribution in [0.3, 0.4) is 0 Å². The molecule has 0 spiro atoms. The fourth-order valence-electron chi connectivity index (χ4n) is 3.13. The molecule has 0 aromatic heterocycles. The van der Waals surface area contributed by atoms with Gasteiger partial charge in [0.25, 0.3) is 5.91 Å². The molecule has 0 bridgehead atoms. The lowest BCUT2D eigenvalue weighted by Crippen LogP contribution is -2.45. The molecule has 3 rings (SSSR count). The molecule has 1 unspecified atom stereocenters. The molecule has 2 heterocycles. The predicted molar refractivity (Wildman–Crippen MR) is 95.5 cm³/mol. The van der Waals surface area contributed by atoms with E-state index in [1.165, 1.54) is 0 Å². The SMILES string of the molecule is Cl.Cl.NCc1ccc(C(=O)N2CCC(N3CCOCC3)C2)cc1. The van der Waals surface area contributed by atoms with Crippen molar-refractivity contribution in [3.05, 3.63) is 35.4 Å². The van der Waals surface area contributed by atoms with E-state index >= 15 is 0 Å². The van der Waals surface area contributed by atoms with Gasteiger partial charge in [-0.15, -0.1) is 24.8 Å². The number of carbonyl (C=O) groups is 1. The van der Waals surface area contributed by atoms with Gasteiger partial charge in [0.1, 0.15) is 0 Å². The second-order valence-electron chi connectivity index (χ2n) is 5.74. The molecule has 0 aliphatic carbocycles. The molecule has 2 aliphatic rings. The van der Waals surface area contributed by atoms with Crippen LogP contribution in [0.2, 0.25) is 0 Å². The zero-order valence-electron chi connectivity index (χ0n) is 13.1. The number of halogens is 2. The molecule has 130 valence electrons. The van der Waals surface area contributed by atoms with E-state index in [0.29, 0.717) is 12.6 Å². The van der Waals surface area contributed by atoms with Gasteiger partial charge in [0, 0.05) is 44.3 Å². The van der Waals surface area contributed by atoms with E-state index in [2.05, 4.69) is 4.90 Å². The number of nitrogens with two attached hydrogens (primary N) is 1. The molecule has 7 heteroatoms. The highest BCUT2D eigenvalue weighted by Gasteiger charge is 2.31. The monoisotopic (exact) mass is 361 g/mol. The van der Waals surface area contributed by atoms with Crippen molar-refractivity contribution in [2.24, 2.45) is 5.73 Å². The summed E-state index contributed by atoms with van der Waals surface area (Å²) in [7, 11) is 0. The number of hydrogen-bond donors (Lipinski definition) is 1. The molecule has 23 heavy (non-hydrogen) atoms. The minimum atomic E-state index is 0. The summed E-state index contributed by atoms with van der Waals surface area (Å²) in [5.41, 5.74) is 7.40. The maximum Gasteiger partial charge on any atom is 0.253 e. The Balaban J connectivity index is 0.00000132. The first-order valence-electron chi connectivity index (χ1n) is 7.68. The van der Waals surface area contributed by atoms with Crippen LogP contribution in [-0.4, -0.2) is 61.1 Å². The number of ether oxygens (including phenoxy) is 1. The van der Waals surface area contributed by atoms with Gasteiger partial charge >= 0.3 is 0 Å². The van der Waals surface area contributed by atoms with Crippen LogP contribution in [0.5, 0.6) is 0 Å². The van der Waals surface area contributed by atoms with Gasteiger partial charge in [0.05, 0.1) is 13.2 Å². The first-order chi connectivity index (χ1) is 10.3. The minimum absolute atomic E-state index is 0. The van der Waals surface area contributed by atoms with Crippen molar-refractivity contribution in [3.8, 4) is 0 Å². The van der Waals surface area contributed by atoms with E-state index in [-0.39, 0.29) is 30.7 Å². The van der Waals surface area contributed by atoms with Crippen LogP contribution in [0, 0.1) is 0 Å². The van der Waals surface area contributed by atoms with E-state index in [9.17, 15) is 4.79 Å². The van der Waals surface area contributed by atoms with Gasteiger partial charge in [-0.2, -0.15) is 0 Å². The number of rotatable bonds is 3. The standard InChI is InChI=1S/C16H23N3O2.2ClH/c17-11-13-1-3-14(4-2-13)16(20)19-6-5-15(12-19)18-7-9-21-10-8-18;;/h1-4,15H,5-12,17H2;2*1H. The van der Waals surface area contributed by atoms with Gasteiger partial charge in [-0.3, -0.25) is 9.69 Å². The van der Waals surface area contributed by atoms with Crippen LogP contribution < -0.4 is 5.73 Å². The number of likely N-dealkylation sites (tertiary alicyclic amines) is 1. The first kappa shape index (κ1) is 20.2. The number of benzene rings is 1. The zero-order chi connectivity index (χ0) is 14.7. The number of hydrogen-bond acceptors (Lipinski definition) is 4. The topological polar surface area (TPSA) is 58.8 Å². The summed E-state index contributed by atoms with van der Waals surface area (Å²) in [6.45, 7) is 5.78. The van der Waals surface area contributed by atoms with E-state index in [0.717, 1.165) is 56.9 Å². The fraction of sp³-hybridized carbons (Fsp3) is 0.562. The van der Waals surface area contributed by atoms with Crippen molar-refractivity contribution in [3.63, 3.8) is 0 Å². The second-order valence-corrected chi connectivity index (χ2v) is 5.74. The van der Waals surface area contributed by atoms with E-state index in [4.69, 9.17) is 10.5 Å². The third kappa shape index (κ3) is 4.81. The Hall–Kier alpha value is -0.850. The maximum atomic E-state index is 12.5. The molecule has 5 nitrogen and oxygen atoms in total. The van der Waals surface area contributed by atoms with Crippen LogP contribution in [0.1, 0.15) is 22.3 Å². The van der Waals surface area contributed by atoms with E-state index < -0.39 is 0 Å². The Morgan fingerprint density at radius 2 is 1.78 bits per heavy atom. The summed E-state index contributed by atoms with van der Waals surface area (Å²) >= 11 is 0. The molecular weight excluding hydrogens is 337 g/mol. The Morgan fingerprint density at radius 1 is 1.13 bits per heavy atom. The molecule has 2 saturated heterocycles. The molecule has 2 fully saturated rings. The Bertz CT molecular complexity index is 493. The smallest absolute Gasteiger partial charge is 0.253 e. The highest BCUT2D eigenvalue weighted by atomic mass is 35.5. The molecule has 1 aromatic carbocycles. The first-order valence-corrected chi connectivity index (χ1v) is 7.68. The molecule has 1 amide bonds. The Morgan fingerprint density at radius 3 is 2.39 bits per heavy atom. The van der Waals surface area contributed by atoms with Gasteiger partial charge in [-0.1, -0.05) is 12.1 Å². The summed E-state index contributed by atoms with van der Waals surface area (Å²) in [4.78, 5) is 16.9. The fourth-order valence-corrected chi connectivity index (χ4v) is 3.13. The summed E-state index contributed by atoms with van der Waals surface area (Å²) in [6, 6.07) is 8.12. The molecular formula is C16H25Cl2N3O2. The van der Waals surface area contributed by atoms with Gasteiger partial charge < -0.3 is 15.4 Å². The van der Waals surface area contributed by atoms with Gasteiger partial charge in [-0.25, -0.2) is 0 Å².